The maximum atomic E-state index is 2.55. The van der Waals surface area contributed by atoms with E-state index in [2.05, 4.69) is 43.1 Å². The molecule has 0 amide bonds. The first-order chi connectivity index (χ1) is 7.21. The van der Waals surface area contributed by atoms with E-state index >= 15 is 0 Å². The summed E-state index contributed by atoms with van der Waals surface area (Å²) in [5, 5.41) is 0. The van der Waals surface area contributed by atoms with Gasteiger partial charge in [-0.05, 0) is 49.4 Å². The van der Waals surface area contributed by atoms with E-state index in [1.54, 1.807) is 11.1 Å². The maximum Gasteiger partial charge on any atom is 0.0404 e. The Labute approximate surface area is 92.1 Å². The summed E-state index contributed by atoms with van der Waals surface area (Å²) < 4.78 is 0. The molecule has 0 saturated carbocycles. The standard InChI is InChI=1S/C14H19N/c1-14-8-5-9-15(2)13(14)12-7-4-3-6-11(12)10-14/h3-4,6-7,13H,5,8-10H2,1-2H3/t13-,14-/m0/s1. The van der Waals surface area contributed by atoms with Gasteiger partial charge in [0.05, 0.1) is 0 Å². The maximum absolute atomic E-state index is 2.55. The zero-order valence-electron chi connectivity index (χ0n) is 9.66. The molecule has 1 heteroatoms. The Hall–Kier alpha value is -0.820. The highest BCUT2D eigenvalue weighted by molar-refractivity contribution is 5.38. The molecule has 1 nitrogen and oxygen atoms in total. The van der Waals surface area contributed by atoms with Gasteiger partial charge in [0.2, 0.25) is 0 Å². The van der Waals surface area contributed by atoms with Gasteiger partial charge in [-0.3, -0.25) is 4.90 Å². The van der Waals surface area contributed by atoms with Crippen molar-refractivity contribution in [3.8, 4) is 0 Å². The lowest BCUT2D eigenvalue weighted by Crippen LogP contribution is -2.40. The fourth-order valence-corrected chi connectivity index (χ4v) is 3.73. The summed E-state index contributed by atoms with van der Waals surface area (Å²) in [6.45, 7) is 3.72. The number of piperidine rings is 1. The van der Waals surface area contributed by atoms with Crippen molar-refractivity contribution in [2.45, 2.75) is 32.2 Å². The van der Waals surface area contributed by atoms with Crippen LogP contribution in [0.3, 0.4) is 0 Å². The highest BCUT2D eigenvalue weighted by atomic mass is 15.2. The Morgan fingerprint density at radius 3 is 3.00 bits per heavy atom. The van der Waals surface area contributed by atoms with E-state index in [1.807, 2.05) is 0 Å². The highest BCUT2D eigenvalue weighted by Gasteiger charge is 2.45. The van der Waals surface area contributed by atoms with Crippen LogP contribution in [0.4, 0.5) is 0 Å². The lowest BCUT2D eigenvalue weighted by atomic mass is 9.75. The van der Waals surface area contributed by atoms with Crippen molar-refractivity contribution in [3.63, 3.8) is 0 Å². The number of hydrogen-bond donors (Lipinski definition) is 0. The van der Waals surface area contributed by atoms with Gasteiger partial charge in [-0.25, -0.2) is 0 Å². The third-order valence-corrected chi connectivity index (χ3v) is 4.30. The summed E-state index contributed by atoms with van der Waals surface area (Å²) in [5.74, 6) is 0. The van der Waals surface area contributed by atoms with Crippen LogP contribution in [0.5, 0.6) is 0 Å². The largest absolute Gasteiger partial charge is 0.299 e. The second-order valence-electron chi connectivity index (χ2n) is 5.52. The summed E-state index contributed by atoms with van der Waals surface area (Å²) in [5.41, 5.74) is 3.66. The minimum atomic E-state index is 0.497. The first-order valence-corrected chi connectivity index (χ1v) is 5.99. The zero-order valence-corrected chi connectivity index (χ0v) is 9.66. The number of benzene rings is 1. The molecule has 0 N–H and O–H groups in total. The molecule has 1 aliphatic heterocycles. The van der Waals surface area contributed by atoms with Crippen LogP contribution in [-0.4, -0.2) is 18.5 Å². The van der Waals surface area contributed by atoms with E-state index in [-0.39, 0.29) is 0 Å². The highest BCUT2D eigenvalue weighted by Crippen LogP contribution is 2.53. The van der Waals surface area contributed by atoms with Crippen LogP contribution in [0.25, 0.3) is 0 Å². The second kappa shape index (κ2) is 3.08. The van der Waals surface area contributed by atoms with Crippen LogP contribution in [-0.2, 0) is 6.42 Å². The fourth-order valence-electron chi connectivity index (χ4n) is 3.73. The van der Waals surface area contributed by atoms with Gasteiger partial charge >= 0.3 is 0 Å². The smallest absolute Gasteiger partial charge is 0.0404 e. The summed E-state index contributed by atoms with van der Waals surface area (Å²) in [7, 11) is 2.28. The van der Waals surface area contributed by atoms with Crippen LogP contribution in [0.15, 0.2) is 24.3 Å². The monoisotopic (exact) mass is 201 g/mol. The third-order valence-electron chi connectivity index (χ3n) is 4.30. The van der Waals surface area contributed by atoms with Gasteiger partial charge < -0.3 is 0 Å². The van der Waals surface area contributed by atoms with Crippen molar-refractivity contribution in [1.29, 1.82) is 0 Å². The van der Waals surface area contributed by atoms with E-state index in [4.69, 9.17) is 0 Å². The molecule has 0 spiro atoms. The van der Waals surface area contributed by atoms with Crippen molar-refractivity contribution in [1.82, 2.24) is 4.90 Å². The summed E-state index contributed by atoms with van der Waals surface area (Å²) in [4.78, 5) is 2.55. The SMILES string of the molecule is CN1CCC[C@@]2(C)Cc3ccccc3[C@H]12. The van der Waals surface area contributed by atoms with Gasteiger partial charge in [-0.15, -0.1) is 0 Å². The van der Waals surface area contributed by atoms with Crippen molar-refractivity contribution in [2.24, 2.45) is 5.41 Å². The Morgan fingerprint density at radius 2 is 2.13 bits per heavy atom. The summed E-state index contributed by atoms with van der Waals surface area (Å²) in [6.07, 6.45) is 4.02. The molecule has 1 fully saturated rings. The predicted molar refractivity (Wildman–Crippen MR) is 62.9 cm³/mol. The molecule has 2 aliphatic rings. The molecule has 0 unspecified atom stereocenters. The van der Waals surface area contributed by atoms with Crippen molar-refractivity contribution in [3.05, 3.63) is 35.4 Å². The Bertz CT molecular complexity index is 385. The van der Waals surface area contributed by atoms with Gasteiger partial charge in [-0.1, -0.05) is 31.2 Å². The van der Waals surface area contributed by atoms with Gasteiger partial charge in [0.25, 0.3) is 0 Å². The van der Waals surface area contributed by atoms with Crippen molar-refractivity contribution < 1.29 is 0 Å². The lowest BCUT2D eigenvalue weighted by molar-refractivity contribution is 0.0590. The van der Waals surface area contributed by atoms with Crippen LogP contribution in [0, 0.1) is 5.41 Å². The molecule has 0 radical (unpaired) electrons. The minimum absolute atomic E-state index is 0.497. The molecular weight excluding hydrogens is 182 g/mol. The molecule has 80 valence electrons. The number of rotatable bonds is 0. The molecule has 0 bridgehead atoms. The molecule has 0 aromatic heterocycles. The predicted octanol–water partition coefficient (Wildman–Crippen LogP) is 3.02. The summed E-state index contributed by atoms with van der Waals surface area (Å²) >= 11 is 0. The van der Waals surface area contributed by atoms with Gasteiger partial charge in [0.1, 0.15) is 0 Å². The average Bonchev–Trinajstić information content (AvgIpc) is 2.50. The Morgan fingerprint density at radius 1 is 1.33 bits per heavy atom. The van der Waals surface area contributed by atoms with Crippen molar-refractivity contribution in [2.75, 3.05) is 13.6 Å². The molecule has 1 aromatic rings. The van der Waals surface area contributed by atoms with Crippen LogP contribution >= 0.6 is 0 Å². The van der Waals surface area contributed by atoms with Crippen LogP contribution < -0.4 is 0 Å². The topological polar surface area (TPSA) is 3.24 Å². The molecular formula is C14H19N. The van der Waals surface area contributed by atoms with Gasteiger partial charge in [0, 0.05) is 6.04 Å². The third kappa shape index (κ3) is 1.26. The van der Waals surface area contributed by atoms with Crippen molar-refractivity contribution >= 4 is 0 Å². The first kappa shape index (κ1) is 9.41. The molecule has 3 rings (SSSR count). The van der Waals surface area contributed by atoms with E-state index in [1.165, 1.54) is 25.8 Å². The molecule has 2 atom stereocenters. The summed E-state index contributed by atoms with van der Waals surface area (Å²) in [6, 6.07) is 9.68. The van der Waals surface area contributed by atoms with Crippen LogP contribution in [0.2, 0.25) is 0 Å². The van der Waals surface area contributed by atoms with Gasteiger partial charge in [0.15, 0.2) is 0 Å². The van der Waals surface area contributed by atoms with E-state index in [0.717, 1.165) is 0 Å². The number of hydrogen-bond acceptors (Lipinski definition) is 1. The van der Waals surface area contributed by atoms with Gasteiger partial charge in [-0.2, -0.15) is 0 Å². The van der Waals surface area contributed by atoms with E-state index < -0.39 is 0 Å². The normalized spacial score (nSPS) is 34.9. The molecule has 1 aromatic carbocycles. The Kier molecular flexibility index (Phi) is 1.93. The number of fused-ring (bicyclic) bond motifs is 3. The quantitative estimate of drug-likeness (QED) is 0.623. The fraction of sp³-hybridized carbons (Fsp3) is 0.571. The lowest BCUT2D eigenvalue weighted by Gasteiger charge is -2.43. The van der Waals surface area contributed by atoms with E-state index in [0.29, 0.717) is 11.5 Å². The average molecular weight is 201 g/mol. The molecule has 1 saturated heterocycles. The molecule has 1 heterocycles. The molecule has 15 heavy (non-hydrogen) atoms. The Balaban J connectivity index is 2.09. The number of nitrogens with zero attached hydrogens (tertiary/aromatic N) is 1. The minimum Gasteiger partial charge on any atom is -0.299 e. The first-order valence-electron chi connectivity index (χ1n) is 5.99. The zero-order chi connectivity index (χ0) is 10.5. The van der Waals surface area contributed by atoms with Crippen LogP contribution in [0.1, 0.15) is 36.9 Å². The van der Waals surface area contributed by atoms with E-state index in [9.17, 15) is 0 Å². The second-order valence-corrected chi connectivity index (χ2v) is 5.52. The number of likely N-dealkylation sites (tertiary alicyclic amines) is 1. The molecule has 1 aliphatic carbocycles.